The number of nitrogens with zero attached hydrogens (tertiary/aromatic N) is 3. The molecule has 2 rings (SSSR count). The fourth-order valence-corrected chi connectivity index (χ4v) is 2.33. The van der Waals surface area contributed by atoms with Crippen molar-refractivity contribution < 1.29 is 0 Å². The molecule has 5 heteroatoms. The number of aromatic nitrogens is 2. The van der Waals surface area contributed by atoms with Gasteiger partial charge in [0.2, 0.25) is 0 Å². The fraction of sp³-hybridized carbons (Fsp3) is 0.412. The van der Waals surface area contributed by atoms with E-state index in [4.69, 9.17) is 0 Å². The van der Waals surface area contributed by atoms with Crippen molar-refractivity contribution in [1.29, 1.82) is 0 Å². The minimum Gasteiger partial charge on any atom is -0.356 e. The molecular weight excluding hydrogens is 274 g/mol. The van der Waals surface area contributed by atoms with Crippen molar-refractivity contribution >= 4 is 5.96 Å². The average Bonchev–Trinajstić information content (AvgIpc) is 2.96. The fourth-order valence-electron chi connectivity index (χ4n) is 2.33. The molecule has 0 saturated heterocycles. The minimum atomic E-state index is 0.228. The van der Waals surface area contributed by atoms with Gasteiger partial charge in [-0.05, 0) is 30.9 Å². The maximum absolute atomic E-state index is 4.28. The van der Waals surface area contributed by atoms with E-state index < -0.39 is 0 Å². The highest BCUT2D eigenvalue weighted by molar-refractivity contribution is 5.80. The summed E-state index contributed by atoms with van der Waals surface area (Å²) in [5.74, 6) is 0.836. The summed E-state index contributed by atoms with van der Waals surface area (Å²) in [5.41, 5.74) is 2.52. The molecule has 1 aromatic carbocycles. The van der Waals surface area contributed by atoms with Gasteiger partial charge >= 0.3 is 0 Å². The molecule has 1 unspecified atom stereocenters. The van der Waals surface area contributed by atoms with Crippen molar-refractivity contribution in [1.82, 2.24) is 20.4 Å². The van der Waals surface area contributed by atoms with Crippen molar-refractivity contribution in [2.45, 2.75) is 25.8 Å². The number of nitrogens with one attached hydrogen (secondary N) is 2. The Bertz CT molecular complexity index is 588. The van der Waals surface area contributed by atoms with Crippen LogP contribution in [0.25, 0.3) is 0 Å². The van der Waals surface area contributed by atoms with Gasteiger partial charge in [0.25, 0.3) is 0 Å². The molecule has 5 nitrogen and oxygen atoms in total. The number of guanidine groups is 1. The van der Waals surface area contributed by atoms with Crippen LogP contribution in [0.15, 0.2) is 47.7 Å². The highest BCUT2D eigenvalue weighted by Gasteiger charge is 2.06. The van der Waals surface area contributed by atoms with Crippen LogP contribution in [0.5, 0.6) is 0 Å². The Balaban J connectivity index is 1.73. The minimum absolute atomic E-state index is 0.228. The van der Waals surface area contributed by atoms with Gasteiger partial charge in [0.05, 0.1) is 12.2 Å². The number of rotatable bonds is 6. The average molecular weight is 299 g/mol. The third-order valence-corrected chi connectivity index (χ3v) is 3.57. The van der Waals surface area contributed by atoms with E-state index in [1.54, 1.807) is 7.05 Å². The first-order valence-electron chi connectivity index (χ1n) is 7.68. The molecule has 1 atom stereocenters. The normalized spacial score (nSPS) is 13.0. The van der Waals surface area contributed by atoms with Gasteiger partial charge in [0.1, 0.15) is 0 Å². The Labute approximate surface area is 132 Å². The van der Waals surface area contributed by atoms with E-state index in [0.29, 0.717) is 0 Å². The lowest BCUT2D eigenvalue weighted by atomic mass is 10.1. The third kappa shape index (κ3) is 4.91. The number of hydrogen-bond acceptors (Lipinski definition) is 2. The Morgan fingerprint density at radius 1 is 1.32 bits per heavy atom. The summed E-state index contributed by atoms with van der Waals surface area (Å²) in [6, 6.07) is 10.6. The van der Waals surface area contributed by atoms with Crippen LogP contribution in [0.4, 0.5) is 0 Å². The molecule has 0 aliphatic carbocycles. The summed E-state index contributed by atoms with van der Waals surface area (Å²) in [7, 11) is 3.74. The first-order chi connectivity index (χ1) is 10.7. The third-order valence-electron chi connectivity index (χ3n) is 3.57. The van der Waals surface area contributed by atoms with Crippen molar-refractivity contribution in [2.24, 2.45) is 12.0 Å². The Morgan fingerprint density at radius 2 is 2.09 bits per heavy atom. The standard InChI is InChI=1S/C17H25N5/c1-14(16-9-5-4-6-10-16)21-17(18-2)19-11-7-8-15-12-20-22(3)13-15/h4-6,9-10,12-14H,7-8,11H2,1-3H3,(H2,18,19,21). The van der Waals surface area contributed by atoms with E-state index in [1.165, 1.54) is 11.1 Å². The lowest BCUT2D eigenvalue weighted by molar-refractivity contribution is 0.674. The summed E-state index contributed by atoms with van der Waals surface area (Å²) >= 11 is 0. The molecule has 0 spiro atoms. The van der Waals surface area contributed by atoms with Crippen LogP contribution in [0.1, 0.15) is 30.5 Å². The topological polar surface area (TPSA) is 54.2 Å². The van der Waals surface area contributed by atoms with Crippen LogP contribution >= 0.6 is 0 Å². The summed E-state index contributed by atoms with van der Waals surface area (Å²) in [4.78, 5) is 4.28. The van der Waals surface area contributed by atoms with Crippen LogP contribution in [-0.2, 0) is 13.5 Å². The largest absolute Gasteiger partial charge is 0.356 e. The van der Waals surface area contributed by atoms with Crippen LogP contribution in [0, 0.1) is 0 Å². The van der Waals surface area contributed by atoms with Gasteiger partial charge < -0.3 is 10.6 Å². The van der Waals surface area contributed by atoms with Crippen LogP contribution < -0.4 is 10.6 Å². The zero-order chi connectivity index (χ0) is 15.8. The molecule has 0 amide bonds. The quantitative estimate of drug-likeness (QED) is 0.489. The molecule has 118 valence electrons. The van der Waals surface area contributed by atoms with Gasteiger partial charge in [-0.3, -0.25) is 9.67 Å². The Hall–Kier alpha value is -2.30. The van der Waals surface area contributed by atoms with Gasteiger partial charge in [0, 0.05) is 26.8 Å². The molecule has 0 fully saturated rings. The van der Waals surface area contributed by atoms with E-state index in [2.05, 4.69) is 58.1 Å². The van der Waals surface area contributed by atoms with Crippen LogP contribution in [-0.4, -0.2) is 29.3 Å². The summed E-state index contributed by atoms with van der Waals surface area (Å²) in [5, 5.41) is 10.9. The predicted octanol–water partition coefficient (Wildman–Crippen LogP) is 2.28. The van der Waals surface area contributed by atoms with Crippen LogP contribution in [0.2, 0.25) is 0 Å². The number of aryl methyl sites for hydroxylation is 2. The Kier molecular flexibility index (Phi) is 6.01. The van der Waals surface area contributed by atoms with Gasteiger partial charge in [-0.2, -0.15) is 5.10 Å². The molecule has 0 aliphatic heterocycles. The second-order valence-corrected chi connectivity index (χ2v) is 5.40. The molecular formula is C17H25N5. The first-order valence-corrected chi connectivity index (χ1v) is 7.68. The molecule has 0 bridgehead atoms. The Morgan fingerprint density at radius 3 is 2.73 bits per heavy atom. The van der Waals surface area contributed by atoms with E-state index in [9.17, 15) is 0 Å². The SMILES string of the molecule is CN=C(NCCCc1cnn(C)c1)NC(C)c1ccccc1. The predicted molar refractivity (Wildman–Crippen MR) is 90.9 cm³/mol. The molecule has 2 N–H and O–H groups in total. The van der Waals surface area contributed by atoms with E-state index in [-0.39, 0.29) is 6.04 Å². The summed E-state index contributed by atoms with van der Waals surface area (Å²) < 4.78 is 1.84. The highest BCUT2D eigenvalue weighted by atomic mass is 15.2. The maximum atomic E-state index is 4.28. The smallest absolute Gasteiger partial charge is 0.191 e. The van der Waals surface area contributed by atoms with Gasteiger partial charge in [-0.15, -0.1) is 0 Å². The van der Waals surface area contributed by atoms with Crippen molar-refractivity contribution in [3.05, 3.63) is 53.9 Å². The zero-order valence-corrected chi connectivity index (χ0v) is 13.6. The van der Waals surface area contributed by atoms with E-state index >= 15 is 0 Å². The lowest BCUT2D eigenvalue weighted by Crippen LogP contribution is -2.39. The van der Waals surface area contributed by atoms with Crippen LogP contribution in [0.3, 0.4) is 0 Å². The van der Waals surface area contributed by atoms with E-state index in [0.717, 1.165) is 25.3 Å². The van der Waals surface area contributed by atoms with Crippen molar-refractivity contribution in [2.75, 3.05) is 13.6 Å². The highest BCUT2D eigenvalue weighted by Crippen LogP contribution is 2.10. The van der Waals surface area contributed by atoms with E-state index in [1.807, 2.05) is 24.0 Å². The zero-order valence-electron chi connectivity index (χ0n) is 13.6. The van der Waals surface area contributed by atoms with Gasteiger partial charge in [0.15, 0.2) is 5.96 Å². The summed E-state index contributed by atoms with van der Waals surface area (Å²) in [6.45, 7) is 3.02. The molecule has 0 radical (unpaired) electrons. The number of benzene rings is 1. The second-order valence-electron chi connectivity index (χ2n) is 5.40. The van der Waals surface area contributed by atoms with Crippen molar-refractivity contribution in [3.63, 3.8) is 0 Å². The lowest BCUT2D eigenvalue weighted by Gasteiger charge is -2.18. The molecule has 2 aromatic rings. The molecule has 0 aliphatic rings. The van der Waals surface area contributed by atoms with Gasteiger partial charge in [-0.1, -0.05) is 30.3 Å². The molecule has 0 saturated carbocycles. The van der Waals surface area contributed by atoms with Crippen molar-refractivity contribution in [3.8, 4) is 0 Å². The second kappa shape index (κ2) is 8.22. The molecule has 1 heterocycles. The first kappa shape index (κ1) is 16.1. The van der Waals surface area contributed by atoms with Gasteiger partial charge in [-0.25, -0.2) is 0 Å². The molecule has 22 heavy (non-hydrogen) atoms. The molecule has 1 aromatic heterocycles. The monoisotopic (exact) mass is 299 g/mol. The maximum Gasteiger partial charge on any atom is 0.191 e. The number of hydrogen-bond donors (Lipinski definition) is 2. The summed E-state index contributed by atoms with van der Waals surface area (Å²) in [6.07, 6.45) is 6.05. The number of aliphatic imine (C=N–C) groups is 1.